The average Bonchev–Trinajstić information content (AvgIpc) is 2.85. The number of nitrogens with two attached hydrogens (primary N) is 1. The number of hydrogen-bond donors (Lipinski definition) is 1. The number of halogens is 1. The first-order valence-corrected chi connectivity index (χ1v) is 6.90. The highest BCUT2D eigenvalue weighted by molar-refractivity contribution is 7.10. The van der Waals surface area contributed by atoms with E-state index >= 15 is 0 Å². The fourth-order valence-corrected chi connectivity index (χ4v) is 2.77. The number of rotatable bonds is 4. The lowest BCUT2D eigenvalue weighted by Crippen LogP contribution is -2.22. The lowest BCUT2D eigenvalue weighted by molar-refractivity contribution is -0.119. The van der Waals surface area contributed by atoms with E-state index in [1.54, 1.807) is 0 Å². The van der Waals surface area contributed by atoms with Gasteiger partial charge in [-0.25, -0.2) is 0 Å². The summed E-state index contributed by atoms with van der Waals surface area (Å²) in [4.78, 5) is 13.0. The van der Waals surface area contributed by atoms with Gasteiger partial charge in [-0.3, -0.25) is 4.79 Å². The maximum atomic E-state index is 12.1. The minimum atomic E-state index is -0.553. The predicted molar refractivity (Wildman–Crippen MR) is 76.1 cm³/mol. The van der Waals surface area contributed by atoms with Gasteiger partial charge in [0.1, 0.15) is 0 Å². The molecule has 1 aromatic carbocycles. The molecule has 2 N–H and O–H groups in total. The standard InChI is InChI=1S/C14H14ClNOS/c1-9-4-5-10(11(15)7-9)8-12(17)14(16)13-3-2-6-18-13/h2-7,14H,8,16H2,1H3. The highest BCUT2D eigenvalue weighted by Crippen LogP contribution is 2.22. The Balaban J connectivity index is 2.12. The van der Waals surface area contributed by atoms with Crippen molar-refractivity contribution in [2.45, 2.75) is 19.4 Å². The highest BCUT2D eigenvalue weighted by Gasteiger charge is 2.18. The van der Waals surface area contributed by atoms with Gasteiger partial charge in [0.2, 0.25) is 0 Å². The Labute approximate surface area is 115 Å². The van der Waals surface area contributed by atoms with E-state index in [0.29, 0.717) is 5.02 Å². The number of ketones is 1. The van der Waals surface area contributed by atoms with E-state index in [2.05, 4.69) is 0 Å². The fraction of sp³-hybridized carbons (Fsp3) is 0.214. The van der Waals surface area contributed by atoms with E-state index < -0.39 is 6.04 Å². The summed E-state index contributed by atoms with van der Waals surface area (Å²) < 4.78 is 0. The molecule has 0 amide bonds. The van der Waals surface area contributed by atoms with Crippen molar-refractivity contribution in [2.75, 3.05) is 0 Å². The minimum Gasteiger partial charge on any atom is -0.317 e. The lowest BCUT2D eigenvalue weighted by atomic mass is 10.0. The summed E-state index contributed by atoms with van der Waals surface area (Å²) in [6, 6.07) is 8.92. The zero-order chi connectivity index (χ0) is 13.1. The van der Waals surface area contributed by atoms with Gasteiger partial charge >= 0.3 is 0 Å². The summed E-state index contributed by atoms with van der Waals surface area (Å²) in [5.41, 5.74) is 7.84. The first kappa shape index (κ1) is 13.3. The zero-order valence-corrected chi connectivity index (χ0v) is 11.6. The van der Waals surface area contributed by atoms with Crippen LogP contribution in [0.3, 0.4) is 0 Å². The number of hydrogen-bond acceptors (Lipinski definition) is 3. The third-order valence-corrected chi connectivity index (χ3v) is 4.08. The number of carbonyl (C=O) groups excluding carboxylic acids is 1. The quantitative estimate of drug-likeness (QED) is 0.930. The molecule has 0 aliphatic rings. The summed E-state index contributed by atoms with van der Waals surface area (Å²) in [6.45, 7) is 1.97. The van der Waals surface area contributed by atoms with Gasteiger partial charge in [-0.2, -0.15) is 0 Å². The van der Waals surface area contributed by atoms with Crippen molar-refractivity contribution in [3.8, 4) is 0 Å². The van der Waals surface area contributed by atoms with E-state index in [4.69, 9.17) is 17.3 Å². The van der Waals surface area contributed by atoms with Crippen LogP contribution in [0.5, 0.6) is 0 Å². The second-order valence-corrected chi connectivity index (χ2v) is 5.62. The molecule has 4 heteroatoms. The van der Waals surface area contributed by atoms with Crippen molar-refractivity contribution < 1.29 is 4.79 Å². The summed E-state index contributed by atoms with van der Waals surface area (Å²) in [5, 5.41) is 2.54. The van der Waals surface area contributed by atoms with E-state index in [1.165, 1.54) is 11.3 Å². The van der Waals surface area contributed by atoms with Gasteiger partial charge in [-0.15, -0.1) is 11.3 Å². The van der Waals surface area contributed by atoms with E-state index in [9.17, 15) is 4.79 Å². The van der Waals surface area contributed by atoms with Crippen molar-refractivity contribution in [3.63, 3.8) is 0 Å². The molecule has 0 radical (unpaired) electrons. The van der Waals surface area contributed by atoms with E-state index in [0.717, 1.165) is 16.0 Å². The molecule has 1 heterocycles. The summed E-state index contributed by atoms with van der Waals surface area (Å²) in [6.07, 6.45) is 0.276. The molecule has 2 rings (SSSR count). The molecule has 1 atom stereocenters. The third-order valence-electron chi connectivity index (χ3n) is 2.77. The normalized spacial score (nSPS) is 12.4. The number of benzene rings is 1. The molecule has 0 saturated carbocycles. The summed E-state index contributed by atoms with van der Waals surface area (Å²) in [5.74, 6) is -0.0109. The Morgan fingerprint density at radius 3 is 2.83 bits per heavy atom. The molecule has 2 nitrogen and oxygen atoms in total. The maximum absolute atomic E-state index is 12.1. The lowest BCUT2D eigenvalue weighted by Gasteiger charge is -2.10. The van der Waals surface area contributed by atoms with Gasteiger partial charge in [0, 0.05) is 16.3 Å². The third kappa shape index (κ3) is 2.99. The van der Waals surface area contributed by atoms with Crippen molar-refractivity contribution >= 4 is 28.7 Å². The molecule has 0 fully saturated rings. The van der Waals surface area contributed by atoms with Gasteiger partial charge in [0.25, 0.3) is 0 Å². The topological polar surface area (TPSA) is 43.1 Å². The average molecular weight is 280 g/mol. The predicted octanol–water partition coefficient (Wildman–Crippen LogP) is 3.52. The molecule has 1 aromatic heterocycles. The van der Waals surface area contributed by atoms with Crippen molar-refractivity contribution in [1.82, 2.24) is 0 Å². The molecule has 0 bridgehead atoms. The SMILES string of the molecule is Cc1ccc(CC(=O)C(N)c2cccs2)c(Cl)c1. The molecule has 0 saturated heterocycles. The van der Waals surface area contributed by atoms with Crippen LogP contribution >= 0.6 is 22.9 Å². The van der Waals surface area contributed by atoms with Gasteiger partial charge in [-0.05, 0) is 35.6 Å². The molecule has 0 aliphatic heterocycles. The van der Waals surface area contributed by atoms with Gasteiger partial charge in [-0.1, -0.05) is 29.8 Å². The van der Waals surface area contributed by atoms with Crippen LogP contribution in [0.2, 0.25) is 5.02 Å². The molecule has 0 spiro atoms. The van der Waals surface area contributed by atoms with Crippen LogP contribution in [0.25, 0.3) is 0 Å². The Morgan fingerprint density at radius 1 is 1.44 bits per heavy atom. The summed E-state index contributed by atoms with van der Waals surface area (Å²) >= 11 is 7.61. The smallest absolute Gasteiger partial charge is 0.159 e. The van der Waals surface area contributed by atoms with Crippen LogP contribution in [-0.4, -0.2) is 5.78 Å². The first-order chi connectivity index (χ1) is 8.58. The van der Waals surface area contributed by atoms with Gasteiger partial charge in [0.15, 0.2) is 5.78 Å². The molecule has 18 heavy (non-hydrogen) atoms. The second kappa shape index (κ2) is 5.65. The minimum absolute atomic E-state index is 0.0109. The van der Waals surface area contributed by atoms with E-state index in [-0.39, 0.29) is 12.2 Å². The van der Waals surface area contributed by atoms with Gasteiger partial charge < -0.3 is 5.73 Å². The van der Waals surface area contributed by atoms with Gasteiger partial charge in [0.05, 0.1) is 6.04 Å². The van der Waals surface area contributed by atoms with Crippen LogP contribution in [0.1, 0.15) is 22.0 Å². The number of aryl methyl sites for hydroxylation is 1. The Bertz CT molecular complexity index is 551. The molecular weight excluding hydrogens is 266 g/mol. The van der Waals surface area contributed by atoms with Crippen LogP contribution in [0.15, 0.2) is 35.7 Å². The molecule has 0 aliphatic carbocycles. The Hall–Kier alpha value is -1.16. The zero-order valence-electron chi connectivity index (χ0n) is 10.0. The van der Waals surface area contributed by atoms with Crippen molar-refractivity contribution in [1.29, 1.82) is 0 Å². The maximum Gasteiger partial charge on any atom is 0.159 e. The van der Waals surface area contributed by atoms with Crippen molar-refractivity contribution in [3.05, 3.63) is 56.7 Å². The summed E-state index contributed by atoms with van der Waals surface area (Å²) in [7, 11) is 0. The molecule has 94 valence electrons. The fourth-order valence-electron chi connectivity index (χ4n) is 1.72. The Morgan fingerprint density at radius 2 is 2.22 bits per heavy atom. The first-order valence-electron chi connectivity index (χ1n) is 5.64. The molecular formula is C14H14ClNOS. The highest BCUT2D eigenvalue weighted by atomic mass is 35.5. The van der Waals surface area contributed by atoms with Crippen molar-refractivity contribution in [2.24, 2.45) is 5.73 Å². The number of Topliss-reactive ketones (excluding diaryl/α,β-unsaturated/α-hetero) is 1. The van der Waals surface area contributed by atoms with Crippen LogP contribution in [0, 0.1) is 6.92 Å². The largest absolute Gasteiger partial charge is 0.317 e. The van der Waals surface area contributed by atoms with E-state index in [1.807, 2.05) is 42.6 Å². The molecule has 1 unspecified atom stereocenters. The number of carbonyl (C=O) groups is 1. The Kier molecular flexibility index (Phi) is 4.17. The van der Waals surface area contributed by atoms with Crippen LogP contribution < -0.4 is 5.73 Å². The second-order valence-electron chi connectivity index (χ2n) is 4.23. The van der Waals surface area contributed by atoms with Crippen LogP contribution in [-0.2, 0) is 11.2 Å². The van der Waals surface area contributed by atoms with Crippen LogP contribution in [0.4, 0.5) is 0 Å². The monoisotopic (exact) mass is 279 g/mol. The number of thiophene rings is 1. The molecule has 2 aromatic rings.